The maximum absolute atomic E-state index is 4.14. The van der Waals surface area contributed by atoms with Gasteiger partial charge in [0.05, 0.1) is 6.54 Å². The van der Waals surface area contributed by atoms with Crippen molar-refractivity contribution in [1.29, 1.82) is 0 Å². The summed E-state index contributed by atoms with van der Waals surface area (Å²) in [6.45, 7) is 3.81. The van der Waals surface area contributed by atoms with Crippen LogP contribution in [0.3, 0.4) is 0 Å². The van der Waals surface area contributed by atoms with Crippen molar-refractivity contribution in [2.24, 2.45) is 0 Å². The fourth-order valence-electron chi connectivity index (χ4n) is 0.958. The van der Waals surface area contributed by atoms with Crippen LogP contribution in [0.2, 0.25) is 0 Å². The molecule has 0 aromatic carbocycles. The van der Waals surface area contributed by atoms with E-state index in [-0.39, 0.29) is 0 Å². The first-order valence-electron chi connectivity index (χ1n) is 3.75. The first kappa shape index (κ1) is 8.20. The van der Waals surface area contributed by atoms with Crippen LogP contribution in [0.1, 0.15) is 12.7 Å². The molecule has 0 radical (unpaired) electrons. The molecule has 0 fully saturated rings. The summed E-state index contributed by atoms with van der Waals surface area (Å²) in [5, 5.41) is 4.07. The van der Waals surface area contributed by atoms with Crippen LogP contribution in [0.5, 0.6) is 0 Å². The van der Waals surface area contributed by atoms with Gasteiger partial charge in [0.15, 0.2) is 0 Å². The molecule has 4 heteroatoms. The molecule has 0 aliphatic carbocycles. The van der Waals surface area contributed by atoms with Gasteiger partial charge in [-0.25, -0.2) is 9.67 Å². The molecule has 0 spiro atoms. The maximum Gasteiger partial charge on any atom is 0.140 e. The summed E-state index contributed by atoms with van der Waals surface area (Å²) in [5.41, 5.74) is 0. The second kappa shape index (κ2) is 3.48. The standard InChI is InChI=1S/C7H14N4/c1-4-11-7(5-10(2)3)8-6-9-11/h6H,4-5H2,1-3H3. The minimum Gasteiger partial charge on any atom is -0.302 e. The molecular weight excluding hydrogens is 140 g/mol. The first-order valence-corrected chi connectivity index (χ1v) is 3.75. The second-order valence-corrected chi connectivity index (χ2v) is 2.73. The Hall–Kier alpha value is -0.900. The van der Waals surface area contributed by atoms with Gasteiger partial charge in [-0.2, -0.15) is 5.10 Å². The molecule has 11 heavy (non-hydrogen) atoms. The molecular formula is C7H14N4. The van der Waals surface area contributed by atoms with Gasteiger partial charge in [-0.3, -0.25) is 0 Å². The Labute approximate surface area is 66.8 Å². The molecule has 0 aliphatic rings. The summed E-state index contributed by atoms with van der Waals surface area (Å²) in [5.74, 6) is 1.03. The van der Waals surface area contributed by atoms with Crippen LogP contribution in [0, 0.1) is 0 Å². The van der Waals surface area contributed by atoms with Gasteiger partial charge in [0.1, 0.15) is 12.2 Å². The van der Waals surface area contributed by atoms with Crippen molar-refractivity contribution in [1.82, 2.24) is 19.7 Å². The van der Waals surface area contributed by atoms with Crippen LogP contribution in [0.4, 0.5) is 0 Å². The van der Waals surface area contributed by atoms with E-state index in [0.717, 1.165) is 18.9 Å². The summed E-state index contributed by atoms with van der Waals surface area (Å²) in [4.78, 5) is 6.22. The van der Waals surface area contributed by atoms with E-state index in [9.17, 15) is 0 Å². The van der Waals surface area contributed by atoms with E-state index in [1.54, 1.807) is 6.33 Å². The average Bonchev–Trinajstić information content (AvgIpc) is 2.34. The van der Waals surface area contributed by atoms with E-state index in [2.05, 4.69) is 21.9 Å². The lowest BCUT2D eigenvalue weighted by Crippen LogP contribution is -2.15. The third-order valence-electron chi connectivity index (χ3n) is 1.45. The van der Waals surface area contributed by atoms with Crippen LogP contribution in [-0.4, -0.2) is 33.8 Å². The van der Waals surface area contributed by atoms with Crippen molar-refractivity contribution < 1.29 is 0 Å². The van der Waals surface area contributed by atoms with Gasteiger partial charge in [-0.05, 0) is 21.0 Å². The Balaban J connectivity index is 2.68. The highest BCUT2D eigenvalue weighted by Crippen LogP contribution is 1.95. The molecule has 1 rings (SSSR count). The van der Waals surface area contributed by atoms with Crippen LogP contribution in [-0.2, 0) is 13.1 Å². The molecule has 0 saturated carbocycles. The SMILES string of the molecule is CCn1ncnc1CN(C)C. The fraction of sp³-hybridized carbons (Fsp3) is 0.714. The smallest absolute Gasteiger partial charge is 0.140 e. The van der Waals surface area contributed by atoms with E-state index in [4.69, 9.17) is 0 Å². The summed E-state index contributed by atoms with van der Waals surface area (Å²) in [6.07, 6.45) is 1.60. The zero-order valence-electron chi connectivity index (χ0n) is 7.28. The fourth-order valence-corrected chi connectivity index (χ4v) is 0.958. The topological polar surface area (TPSA) is 34.0 Å². The van der Waals surface area contributed by atoms with Crippen LogP contribution >= 0.6 is 0 Å². The van der Waals surface area contributed by atoms with E-state index in [0.29, 0.717) is 0 Å². The molecule has 62 valence electrons. The third kappa shape index (κ3) is 2.01. The summed E-state index contributed by atoms with van der Waals surface area (Å²) in [7, 11) is 4.04. The van der Waals surface area contributed by atoms with Crippen molar-refractivity contribution >= 4 is 0 Å². The molecule has 1 aromatic rings. The minimum absolute atomic E-state index is 0.855. The van der Waals surface area contributed by atoms with Gasteiger partial charge < -0.3 is 4.90 Å². The second-order valence-electron chi connectivity index (χ2n) is 2.73. The van der Waals surface area contributed by atoms with Gasteiger partial charge in [0, 0.05) is 6.54 Å². The molecule has 0 N–H and O–H groups in total. The molecule has 4 nitrogen and oxygen atoms in total. The van der Waals surface area contributed by atoms with Gasteiger partial charge in [0.2, 0.25) is 0 Å². The van der Waals surface area contributed by atoms with Crippen LogP contribution in [0.25, 0.3) is 0 Å². The zero-order chi connectivity index (χ0) is 8.27. The quantitative estimate of drug-likeness (QED) is 0.630. The van der Waals surface area contributed by atoms with E-state index in [1.165, 1.54) is 0 Å². The molecule has 0 amide bonds. The minimum atomic E-state index is 0.855. The lowest BCUT2D eigenvalue weighted by Gasteiger charge is -2.08. The van der Waals surface area contributed by atoms with Gasteiger partial charge in [0.25, 0.3) is 0 Å². The normalized spacial score (nSPS) is 10.9. The number of nitrogens with zero attached hydrogens (tertiary/aromatic N) is 4. The third-order valence-corrected chi connectivity index (χ3v) is 1.45. The highest BCUT2D eigenvalue weighted by atomic mass is 15.3. The number of aromatic nitrogens is 3. The maximum atomic E-state index is 4.14. The van der Waals surface area contributed by atoms with Crippen molar-refractivity contribution in [3.05, 3.63) is 12.2 Å². The first-order chi connectivity index (χ1) is 5.24. The van der Waals surface area contributed by atoms with Gasteiger partial charge >= 0.3 is 0 Å². The van der Waals surface area contributed by atoms with E-state index >= 15 is 0 Å². The summed E-state index contributed by atoms with van der Waals surface area (Å²) < 4.78 is 1.90. The predicted octanol–water partition coefficient (Wildman–Crippen LogP) is 0.360. The Morgan fingerprint density at radius 1 is 1.55 bits per heavy atom. The highest BCUT2D eigenvalue weighted by molar-refractivity contribution is 4.82. The Morgan fingerprint density at radius 2 is 2.27 bits per heavy atom. The monoisotopic (exact) mass is 154 g/mol. The molecule has 0 saturated heterocycles. The van der Waals surface area contributed by atoms with Crippen molar-refractivity contribution in [3.8, 4) is 0 Å². The number of rotatable bonds is 3. The predicted molar refractivity (Wildman–Crippen MR) is 43.1 cm³/mol. The molecule has 0 atom stereocenters. The van der Waals surface area contributed by atoms with Gasteiger partial charge in [-0.15, -0.1) is 0 Å². The average molecular weight is 154 g/mol. The lowest BCUT2D eigenvalue weighted by molar-refractivity contribution is 0.377. The number of hydrogen-bond acceptors (Lipinski definition) is 3. The zero-order valence-corrected chi connectivity index (χ0v) is 7.28. The van der Waals surface area contributed by atoms with Crippen molar-refractivity contribution in [3.63, 3.8) is 0 Å². The summed E-state index contributed by atoms with van der Waals surface area (Å²) >= 11 is 0. The lowest BCUT2D eigenvalue weighted by atomic mass is 10.5. The molecule has 0 unspecified atom stereocenters. The molecule has 0 aliphatic heterocycles. The number of hydrogen-bond donors (Lipinski definition) is 0. The highest BCUT2D eigenvalue weighted by Gasteiger charge is 2.01. The van der Waals surface area contributed by atoms with E-state index < -0.39 is 0 Å². The molecule has 1 heterocycles. The van der Waals surface area contributed by atoms with Crippen LogP contribution in [0.15, 0.2) is 6.33 Å². The Kier molecular flexibility index (Phi) is 2.59. The number of aryl methyl sites for hydroxylation is 1. The van der Waals surface area contributed by atoms with Gasteiger partial charge in [-0.1, -0.05) is 0 Å². The largest absolute Gasteiger partial charge is 0.302 e. The molecule has 0 bridgehead atoms. The van der Waals surface area contributed by atoms with Crippen molar-refractivity contribution in [2.45, 2.75) is 20.0 Å². The molecule has 1 aromatic heterocycles. The Bertz CT molecular complexity index is 216. The Morgan fingerprint density at radius 3 is 2.82 bits per heavy atom. The van der Waals surface area contributed by atoms with Crippen molar-refractivity contribution in [2.75, 3.05) is 14.1 Å². The van der Waals surface area contributed by atoms with Crippen LogP contribution < -0.4 is 0 Å². The van der Waals surface area contributed by atoms with E-state index in [1.807, 2.05) is 18.8 Å². The summed E-state index contributed by atoms with van der Waals surface area (Å²) in [6, 6.07) is 0.